The molecule has 1 aromatic carbocycles. The van der Waals surface area contributed by atoms with E-state index < -0.39 is 0 Å². The molecule has 0 aliphatic rings. The molecular weight excluding hydrogens is 338 g/mol. The monoisotopic (exact) mass is 347 g/mol. The fraction of sp³-hybridized carbons (Fsp3) is 0. The summed E-state index contributed by atoms with van der Waals surface area (Å²) in [6.07, 6.45) is 4.66. The van der Waals surface area contributed by atoms with E-state index in [1.54, 1.807) is 6.20 Å². The molecule has 0 amide bonds. The van der Waals surface area contributed by atoms with Gasteiger partial charge in [-0.3, -0.25) is 0 Å². The molecule has 0 N–H and O–H groups in total. The molecule has 0 aliphatic heterocycles. The first kappa shape index (κ1) is 10.1. The summed E-state index contributed by atoms with van der Waals surface area (Å²) in [6, 6.07) is 14.0. The van der Waals surface area contributed by atoms with Gasteiger partial charge in [-0.15, -0.1) is 17.7 Å². The Morgan fingerprint density at radius 3 is 2.31 bits per heavy atom. The van der Waals surface area contributed by atoms with Gasteiger partial charge in [0.25, 0.3) is 0 Å². The fourth-order valence-corrected chi connectivity index (χ4v) is 1.10. The minimum absolute atomic E-state index is 0. The van der Waals surface area contributed by atoms with Crippen LogP contribution in [0.15, 0.2) is 48.7 Å². The summed E-state index contributed by atoms with van der Waals surface area (Å²) in [4.78, 5) is 3.94. The second kappa shape index (κ2) is 4.90. The minimum atomic E-state index is 0. The summed E-state index contributed by atoms with van der Waals surface area (Å²) in [6.45, 7) is 0. The standard InChI is InChI=1S/C11H8N.Ir/c1-2-5-10(6-3-1)11-7-4-8-12-9-11;/h1-8H;/q-1;. The van der Waals surface area contributed by atoms with Crippen molar-refractivity contribution in [2.45, 2.75) is 0 Å². The van der Waals surface area contributed by atoms with Gasteiger partial charge in [0, 0.05) is 20.1 Å². The molecule has 0 spiro atoms. The Kier molecular flexibility index (Phi) is 3.81. The minimum Gasteiger partial charge on any atom is -0.360 e. The van der Waals surface area contributed by atoms with E-state index in [0.717, 1.165) is 11.1 Å². The van der Waals surface area contributed by atoms with E-state index in [1.165, 1.54) is 0 Å². The van der Waals surface area contributed by atoms with Crippen molar-refractivity contribution in [1.29, 1.82) is 0 Å². The second-order valence-electron chi connectivity index (χ2n) is 2.53. The fourth-order valence-electron chi connectivity index (χ4n) is 1.10. The van der Waals surface area contributed by atoms with E-state index in [9.17, 15) is 0 Å². The van der Waals surface area contributed by atoms with Crippen molar-refractivity contribution in [3.8, 4) is 11.1 Å². The molecule has 0 saturated heterocycles. The van der Waals surface area contributed by atoms with Crippen LogP contribution in [0.3, 0.4) is 0 Å². The maximum Gasteiger partial charge on any atom is 0 e. The molecule has 2 rings (SSSR count). The summed E-state index contributed by atoms with van der Waals surface area (Å²) in [5.41, 5.74) is 2.20. The summed E-state index contributed by atoms with van der Waals surface area (Å²) < 4.78 is 0. The van der Waals surface area contributed by atoms with E-state index >= 15 is 0 Å². The van der Waals surface area contributed by atoms with Gasteiger partial charge in [0.05, 0.1) is 0 Å². The number of pyridine rings is 1. The molecular formula is C11H8IrN-. The van der Waals surface area contributed by atoms with Crippen LogP contribution in [0.4, 0.5) is 0 Å². The zero-order chi connectivity index (χ0) is 8.23. The van der Waals surface area contributed by atoms with Gasteiger partial charge in [-0.05, 0) is 6.20 Å². The molecule has 67 valence electrons. The van der Waals surface area contributed by atoms with Gasteiger partial charge in [0.1, 0.15) is 0 Å². The average Bonchev–Trinajstić information content (AvgIpc) is 2.21. The molecule has 0 fully saturated rings. The predicted octanol–water partition coefficient (Wildman–Crippen LogP) is 2.55. The number of benzene rings is 1. The quantitative estimate of drug-likeness (QED) is 0.723. The second-order valence-corrected chi connectivity index (χ2v) is 2.53. The number of nitrogens with zero attached hydrogens (tertiary/aromatic N) is 1. The Hall–Kier alpha value is -0.981. The predicted molar refractivity (Wildman–Crippen MR) is 48.5 cm³/mol. The third kappa shape index (κ3) is 2.48. The van der Waals surface area contributed by atoms with Crippen LogP contribution in [0.5, 0.6) is 0 Å². The maximum absolute atomic E-state index is 3.94. The van der Waals surface area contributed by atoms with Crippen molar-refractivity contribution in [1.82, 2.24) is 4.98 Å². The summed E-state index contributed by atoms with van der Waals surface area (Å²) in [5, 5.41) is 0. The number of hydrogen-bond acceptors (Lipinski definition) is 1. The van der Waals surface area contributed by atoms with Crippen LogP contribution in [0.2, 0.25) is 0 Å². The Morgan fingerprint density at radius 1 is 0.923 bits per heavy atom. The molecule has 13 heavy (non-hydrogen) atoms. The van der Waals surface area contributed by atoms with Crippen LogP contribution < -0.4 is 0 Å². The maximum atomic E-state index is 3.94. The third-order valence-electron chi connectivity index (χ3n) is 1.69. The molecule has 1 radical (unpaired) electrons. The molecule has 1 heterocycles. The Bertz CT molecular complexity index is 307. The van der Waals surface area contributed by atoms with Crippen LogP contribution in [-0.4, -0.2) is 4.98 Å². The Balaban J connectivity index is 0.000000845. The van der Waals surface area contributed by atoms with Crippen LogP contribution in [0, 0.1) is 6.20 Å². The van der Waals surface area contributed by atoms with Crippen LogP contribution in [0.25, 0.3) is 11.1 Å². The van der Waals surface area contributed by atoms with Crippen molar-refractivity contribution in [2.75, 3.05) is 0 Å². The largest absolute Gasteiger partial charge is 0.360 e. The van der Waals surface area contributed by atoms with Crippen LogP contribution in [-0.2, 0) is 20.1 Å². The Labute approximate surface area is 91.2 Å². The van der Waals surface area contributed by atoms with Gasteiger partial charge >= 0.3 is 0 Å². The molecule has 0 atom stereocenters. The van der Waals surface area contributed by atoms with Crippen molar-refractivity contribution in [2.24, 2.45) is 0 Å². The molecule has 0 unspecified atom stereocenters. The molecule has 1 nitrogen and oxygen atoms in total. The zero-order valence-electron chi connectivity index (χ0n) is 6.90. The van der Waals surface area contributed by atoms with Gasteiger partial charge in [-0.1, -0.05) is 42.1 Å². The normalized spacial score (nSPS) is 8.92. The van der Waals surface area contributed by atoms with Gasteiger partial charge in [0.2, 0.25) is 0 Å². The summed E-state index contributed by atoms with van der Waals surface area (Å²) >= 11 is 0. The molecule has 2 heteroatoms. The summed E-state index contributed by atoms with van der Waals surface area (Å²) in [7, 11) is 0. The van der Waals surface area contributed by atoms with Gasteiger partial charge in [0.15, 0.2) is 0 Å². The number of rotatable bonds is 1. The van der Waals surface area contributed by atoms with Gasteiger partial charge < -0.3 is 4.98 Å². The zero-order valence-corrected chi connectivity index (χ0v) is 9.29. The van der Waals surface area contributed by atoms with E-state index in [0.29, 0.717) is 0 Å². The number of hydrogen-bond donors (Lipinski definition) is 0. The molecule has 2 aromatic rings. The molecule has 0 bridgehead atoms. The molecule has 1 aromatic heterocycles. The average molecular weight is 346 g/mol. The smallest absolute Gasteiger partial charge is 0 e. The molecule has 0 saturated carbocycles. The molecule has 0 aliphatic carbocycles. The first-order valence-corrected chi connectivity index (χ1v) is 3.85. The van der Waals surface area contributed by atoms with E-state index in [1.807, 2.05) is 42.5 Å². The van der Waals surface area contributed by atoms with Crippen molar-refractivity contribution >= 4 is 0 Å². The van der Waals surface area contributed by atoms with Crippen LogP contribution >= 0.6 is 0 Å². The van der Waals surface area contributed by atoms with Crippen molar-refractivity contribution in [3.63, 3.8) is 0 Å². The van der Waals surface area contributed by atoms with E-state index in [2.05, 4.69) is 11.2 Å². The van der Waals surface area contributed by atoms with Gasteiger partial charge in [-0.2, -0.15) is 0 Å². The first-order chi connectivity index (χ1) is 5.97. The first-order valence-electron chi connectivity index (χ1n) is 3.85. The van der Waals surface area contributed by atoms with Crippen molar-refractivity contribution in [3.05, 3.63) is 54.9 Å². The topological polar surface area (TPSA) is 12.9 Å². The van der Waals surface area contributed by atoms with Crippen LogP contribution in [0.1, 0.15) is 0 Å². The van der Waals surface area contributed by atoms with E-state index in [4.69, 9.17) is 0 Å². The summed E-state index contributed by atoms with van der Waals surface area (Å²) in [5.74, 6) is 0. The van der Waals surface area contributed by atoms with Gasteiger partial charge in [-0.25, -0.2) is 0 Å². The third-order valence-corrected chi connectivity index (χ3v) is 1.69. The van der Waals surface area contributed by atoms with Crippen molar-refractivity contribution < 1.29 is 20.1 Å². The number of aromatic nitrogens is 1. The van der Waals surface area contributed by atoms with E-state index in [-0.39, 0.29) is 20.1 Å². The SMILES string of the molecule is [Ir].[c-]1ncccc1-c1ccccc1. The Morgan fingerprint density at radius 2 is 1.69 bits per heavy atom.